The molecule has 2 aromatic rings. The zero-order valence-corrected chi connectivity index (χ0v) is 12.6. The van der Waals surface area contributed by atoms with E-state index in [0.29, 0.717) is 24.5 Å². The zero-order valence-electron chi connectivity index (χ0n) is 11.8. The van der Waals surface area contributed by atoms with E-state index in [9.17, 15) is 4.79 Å². The van der Waals surface area contributed by atoms with Crippen molar-refractivity contribution < 1.29 is 9.53 Å². The molecule has 0 radical (unpaired) electrons. The summed E-state index contributed by atoms with van der Waals surface area (Å²) in [6, 6.07) is 3.71. The summed E-state index contributed by atoms with van der Waals surface area (Å²) in [5.74, 6) is 0.664. The van der Waals surface area contributed by atoms with Crippen molar-refractivity contribution >= 4 is 28.6 Å². The molecule has 1 aromatic heterocycles. The number of thiazole rings is 1. The summed E-state index contributed by atoms with van der Waals surface area (Å²) in [7, 11) is 0. The first-order valence-electron chi connectivity index (χ1n) is 6.87. The lowest BCUT2D eigenvalue weighted by atomic mass is 10.0. The topological polar surface area (TPSA) is 77.2 Å². The number of hydrogen-bond donors (Lipinski definition) is 2. The van der Waals surface area contributed by atoms with E-state index in [1.165, 1.54) is 4.88 Å². The number of nitrogen functional groups attached to an aromatic ring is 1. The van der Waals surface area contributed by atoms with Crippen molar-refractivity contribution in [1.82, 2.24) is 4.98 Å². The molecule has 1 amide bonds. The number of nitrogens with one attached hydrogen (secondary N) is 1. The molecule has 0 saturated heterocycles. The molecule has 1 aliphatic rings. The van der Waals surface area contributed by atoms with Gasteiger partial charge in [-0.05, 0) is 25.0 Å². The Morgan fingerprint density at radius 3 is 3.05 bits per heavy atom. The molecular formula is C15H17N3O2S. The maximum atomic E-state index is 11.4. The predicted octanol–water partition coefficient (Wildman–Crippen LogP) is 2.54. The molecule has 0 bridgehead atoms. The zero-order chi connectivity index (χ0) is 14.8. The van der Waals surface area contributed by atoms with Crippen LogP contribution in [-0.4, -0.2) is 17.5 Å². The minimum atomic E-state index is 0.0403. The van der Waals surface area contributed by atoms with Crippen LogP contribution in [0.1, 0.15) is 22.6 Å². The molecule has 1 aromatic carbocycles. The number of benzene rings is 1. The molecule has 21 heavy (non-hydrogen) atoms. The smallest absolute Gasteiger partial charge is 0.224 e. The van der Waals surface area contributed by atoms with Gasteiger partial charge >= 0.3 is 0 Å². The first-order chi connectivity index (χ1) is 10.1. The maximum absolute atomic E-state index is 11.4. The Kier molecular flexibility index (Phi) is 3.79. The quantitative estimate of drug-likeness (QED) is 0.851. The average Bonchev–Trinajstić information content (AvgIpc) is 2.85. The van der Waals surface area contributed by atoms with Gasteiger partial charge in [-0.2, -0.15) is 0 Å². The number of aromatic nitrogens is 1. The van der Waals surface area contributed by atoms with Crippen LogP contribution in [0.4, 0.5) is 11.4 Å². The molecule has 3 rings (SSSR count). The SMILES string of the molecule is Cc1ncsc1CCOc1cc2c(cc1N)CCC(=O)N2. The molecule has 6 heteroatoms. The molecule has 0 unspecified atom stereocenters. The number of amides is 1. The van der Waals surface area contributed by atoms with Gasteiger partial charge in [-0.3, -0.25) is 4.79 Å². The van der Waals surface area contributed by atoms with Gasteiger partial charge in [0.1, 0.15) is 5.75 Å². The van der Waals surface area contributed by atoms with Gasteiger partial charge < -0.3 is 15.8 Å². The summed E-state index contributed by atoms with van der Waals surface area (Å²) in [6.45, 7) is 2.54. The van der Waals surface area contributed by atoms with Crippen molar-refractivity contribution in [3.63, 3.8) is 0 Å². The highest BCUT2D eigenvalue weighted by Crippen LogP contribution is 2.32. The van der Waals surface area contributed by atoms with Crippen LogP contribution in [0, 0.1) is 6.92 Å². The van der Waals surface area contributed by atoms with Crippen molar-refractivity contribution in [3.05, 3.63) is 33.8 Å². The van der Waals surface area contributed by atoms with E-state index in [2.05, 4.69) is 10.3 Å². The summed E-state index contributed by atoms with van der Waals surface area (Å²) in [6.07, 6.45) is 2.04. The lowest BCUT2D eigenvalue weighted by Crippen LogP contribution is -2.19. The number of anilines is 2. The van der Waals surface area contributed by atoms with Crippen molar-refractivity contribution in [2.75, 3.05) is 17.7 Å². The Morgan fingerprint density at radius 2 is 2.29 bits per heavy atom. The summed E-state index contributed by atoms with van der Waals surface area (Å²) < 4.78 is 5.77. The Bertz CT molecular complexity index is 682. The minimum absolute atomic E-state index is 0.0403. The second-order valence-electron chi connectivity index (χ2n) is 5.05. The monoisotopic (exact) mass is 303 g/mol. The first-order valence-corrected chi connectivity index (χ1v) is 7.75. The molecule has 110 valence electrons. The van der Waals surface area contributed by atoms with E-state index in [0.717, 1.165) is 29.8 Å². The second-order valence-corrected chi connectivity index (χ2v) is 5.99. The van der Waals surface area contributed by atoms with E-state index < -0.39 is 0 Å². The Hall–Kier alpha value is -2.08. The van der Waals surface area contributed by atoms with Crippen molar-refractivity contribution in [1.29, 1.82) is 0 Å². The summed E-state index contributed by atoms with van der Waals surface area (Å²) >= 11 is 1.63. The molecule has 3 N–H and O–H groups in total. The van der Waals surface area contributed by atoms with Crippen molar-refractivity contribution in [3.8, 4) is 5.75 Å². The number of carbonyl (C=O) groups is 1. The molecule has 0 aliphatic carbocycles. The van der Waals surface area contributed by atoms with Crippen LogP contribution in [0.2, 0.25) is 0 Å². The standard InChI is InChI=1S/C15H17N3O2S/c1-9-14(21-8-17-9)4-5-20-13-7-12-10(6-11(13)16)2-3-15(19)18-12/h6-8H,2-5,16H2,1H3,(H,18,19). The van der Waals surface area contributed by atoms with Crippen molar-refractivity contribution in [2.45, 2.75) is 26.2 Å². The van der Waals surface area contributed by atoms with Gasteiger partial charge in [-0.15, -0.1) is 11.3 Å². The van der Waals surface area contributed by atoms with E-state index in [-0.39, 0.29) is 5.91 Å². The third kappa shape index (κ3) is 3.00. The van der Waals surface area contributed by atoms with Crippen LogP contribution >= 0.6 is 11.3 Å². The lowest BCUT2D eigenvalue weighted by Gasteiger charge is -2.19. The number of rotatable bonds is 4. The molecule has 2 heterocycles. The van der Waals surface area contributed by atoms with E-state index in [1.54, 1.807) is 11.3 Å². The highest BCUT2D eigenvalue weighted by Gasteiger charge is 2.17. The number of carbonyl (C=O) groups excluding carboxylic acids is 1. The van der Waals surface area contributed by atoms with E-state index >= 15 is 0 Å². The number of nitrogens with zero attached hydrogens (tertiary/aromatic N) is 1. The highest BCUT2D eigenvalue weighted by molar-refractivity contribution is 7.09. The number of fused-ring (bicyclic) bond motifs is 1. The second kappa shape index (κ2) is 5.73. The van der Waals surface area contributed by atoms with Crippen LogP contribution in [0.5, 0.6) is 5.75 Å². The average molecular weight is 303 g/mol. The van der Waals surface area contributed by atoms with Gasteiger partial charge in [0.05, 0.1) is 23.5 Å². The summed E-state index contributed by atoms with van der Waals surface area (Å²) in [4.78, 5) is 16.9. The highest BCUT2D eigenvalue weighted by atomic mass is 32.1. The normalized spacial score (nSPS) is 13.7. The van der Waals surface area contributed by atoms with Crippen LogP contribution in [0.25, 0.3) is 0 Å². The molecule has 0 atom stereocenters. The van der Waals surface area contributed by atoms with Gasteiger partial charge in [-0.25, -0.2) is 4.98 Å². The largest absolute Gasteiger partial charge is 0.491 e. The first kappa shape index (κ1) is 13.9. The van der Waals surface area contributed by atoms with Gasteiger partial charge in [0.25, 0.3) is 0 Å². The lowest BCUT2D eigenvalue weighted by molar-refractivity contribution is -0.116. The number of aryl methyl sites for hydroxylation is 2. The van der Waals surface area contributed by atoms with Crippen LogP contribution in [-0.2, 0) is 17.6 Å². The predicted molar refractivity (Wildman–Crippen MR) is 83.9 cm³/mol. The number of hydrogen-bond acceptors (Lipinski definition) is 5. The molecule has 1 aliphatic heterocycles. The fourth-order valence-electron chi connectivity index (χ4n) is 2.37. The van der Waals surface area contributed by atoms with Gasteiger partial charge in [-0.1, -0.05) is 0 Å². The minimum Gasteiger partial charge on any atom is -0.491 e. The fraction of sp³-hybridized carbons (Fsp3) is 0.333. The molecule has 0 saturated carbocycles. The van der Waals surface area contributed by atoms with Gasteiger partial charge in [0.2, 0.25) is 5.91 Å². The fourth-order valence-corrected chi connectivity index (χ4v) is 3.14. The molecular weight excluding hydrogens is 286 g/mol. The van der Waals surface area contributed by atoms with E-state index in [4.69, 9.17) is 10.5 Å². The molecule has 0 fully saturated rings. The van der Waals surface area contributed by atoms with Crippen molar-refractivity contribution in [2.24, 2.45) is 0 Å². The van der Waals surface area contributed by atoms with E-state index in [1.807, 2.05) is 24.6 Å². The van der Waals surface area contributed by atoms with Crippen LogP contribution in [0.15, 0.2) is 17.6 Å². The summed E-state index contributed by atoms with van der Waals surface area (Å²) in [5, 5.41) is 2.86. The third-order valence-electron chi connectivity index (χ3n) is 3.56. The molecule has 5 nitrogen and oxygen atoms in total. The number of ether oxygens (including phenoxy) is 1. The summed E-state index contributed by atoms with van der Waals surface area (Å²) in [5.41, 5.74) is 11.4. The number of nitrogens with two attached hydrogens (primary N) is 1. The van der Waals surface area contributed by atoms with Crippen LogP contribution < -0.4 is 15.8 Å². The Labute approximate surface area is 127 Å². The maximum Gasteiger partial charge on any atom is 0.224 e. The van der Waals surface area contributed by atoms with Crippen LogP contribution in [0.3, 0.4) is 0 Å². The molecule has 0 spiro atoms. The van der Waals surface area contributed by atoms with Gasteiger partial charge in [0, 0.05) is 29.5 Å². The third-order valence-corrected chi connectivity index (χ3v) is 4.56. The Morgan fingerprint density at radius 1 is 1.43 bits per heavy atom. The Balaban J connectivity index is 1.69. The van der Waals surface area contributed by atoms with Gasteiger partial charge in [0.15, 0.2) is 0 Å².